The molecule has 1 fully saturated rings. The second-order valence-electron chi connectivity index (χ2n) is 3.05. The second kappa shape index (κ2) is 3.89. The van der Waals surface area contributed by atoms with Crippen LogP contribution in [0.3, 0.4) is 0 Å². The van der Waals surface area contributed by atoms with Crippen molar-refractivity contribution in [3.63, 3.8) is 0 Å². The Morgan fingerprint density at radius 3 is 2.00 bits per heavy atom. The highest BCUT2D eigenvalue weighted by Crippen LogP contribution is 2.07. The predicted octanol–water partition coefficient (Wildman–Crippen LogP) is 1.98. The van der Waals surface area contributed by atoms with Crippen LogP contribution < -0.4 is 0 Å². The fourth-order valence-corrected chi connectivity index (χ4v) is 1.08. The Bertz CT molecular complexity index is 65.0. The van der Waals surface area contributed by atoms with Crippen LogP contribution in [0, 0.1) is 5.92 Å². The van der Waals surface area contributed by atoms with E-state index in [0.29, 0.717) is 0 Å². The molecule has 0 aromatic carbocycles. The first-order chi connectivity index (χ1) is 3.79. The van der Waals surface area contributed by atoms with Crippen molar-refractivity contribution in [1.82, 2.24) is 4.90 Å². The number of likely N-dealkylation sites (tertiary alicyclic amines) is 1. The van der Waals surface area contributed by atoms with Gasteiger partial charge < -0.3 is 4.90 Å². The maximum absolute atomic E-state index is 2.50. The highest BCUT2D eigenvalue weighted by molar-refractivity contribution is 4.68. The van der Waals surface area contributed by atoms with E-state index < -0.39 is 0 Å². The first-order valence-electron chi connectivity index (χ1n) is 3.51. The predicted molar refractivity (Wildman–Crippen MR) is 42.6 cm³/mol. The van der Waals surface area contributed by atoms with Crippen LogP contribution in [0.5, 0.6) is 0 Å². The summed E-state index contributed by atoms with van der Waals surface area (Å²) in [5.41, 5.74) is 0. The van der Waals surface area contributed by atoms with Crippen LogP contribution >= 0.6 is 0 Å². The summed E-state index contributed by atoms with van der Waals surface area (Å²) in [5.74, 6) is 0.857. The Morgan fingerprint density at radius 2 is 1.89 bits per heavy atom. The molecule has 0 aliphatic carbocycles. The molecule has 0 atom stereocenters. The zero-order valence-electron chi connectivity index (χ0n) is 5.85. The van der Waals surface area contributed by atoms with E-state index >= 15 is 0 Å². The van der Waals surface area contributed by atoms with Gasteiger partial charge >= 0.3 is 0 Å². The minimum Gasteiger partial charge on any atom is -0.303 e. The molecule has 0 spiro atoms. The smallest absolute Gasteiger partial charge is 0.000440 e. The van der Waals surface area contributed by atoms with Crippen molar-refractivity contribution in [3.05, 3.63) is 0 Å². The average Bonchev–Trinajstić information content (AvgIpc) is 1.55. The summed E-state index contributed by atoms with van der Waals surface area (Å²) in [4.78, 5) is 2.50. The number of hydrogen-bond donors (Lipinski definition) is 0. The summed E-state index contributed by atoms with van der Waals surface area (Å²) in [5, 5.41) is 0. The maximum Gasteiger partial charge on any atom is 0.000440 e. The van der Waals surface area contributed by atoms with E-state index in [0.717, 1.165) is 5.92 Å². The van der Waals surface area contributed by atoms with Gasteiger partial charge in [-0.3, -0.25) is 0 Å². The van der Waals surface area contributed by atoms with Crippen LogP contribution in [-0.2, 0) is 0 Å². The third-order valence-electron chi connectivity index (χ3n) is 1.57. The van der Waals surface area contributed by atoms with E-state index in [9.17, 15) is 0 Å². The van der Waals surface area contributed by atoms with Gasteiger partial charge in [0.1, 0.15) is 0 Å². The van der Waals surface area contributed by atoms with Crippen LogP contribution in [0.15, 0.2) is 0 Å². The minimum atomic E-state index is 0. The lowest BCUT2D eigenvalue weighted by atomic mass is 10.1. The molecule has 1 heterocycles. The van der Waals surface area contributed by atoms with Crippen molar-refractivity contribution < 1.29 is 0 Å². The normalized spacial score (nSPS) is 19.0. The lowest BCUT2D eigenvalue weighted by Crippen LogP contribution is -2.39. The Hall–Kier alpha value is -0.0400. The molecule has 0 N–H and O–H groups in total. The van der Waals surface area contributed by atoms with Gasteiger partial charge in [-0.25, -0.2) is 0 Å². The lowest BCUT2D eigenvalue weighted by Gasteiger charge is -2.31. The molecule has 0 unspecified atom stereocenters. The monoisotopic (exact) mass is 129 g/mol. The van der Waals surface area contributed by atoms with Gasteiger partial charge in [-0.2, -0.15) is 0 Å². The van der Waals surface area contributed by atoms with E-state index in [4.69, 9.17) is 0 Å². The molecule has 0 radical (unpaired) electrons. The van der Waals surface area contributed by atoms with E-state index in [1.807, 2.05) is 0 Å². The standard InChI is InChI=1S/C7H15N.CH4/c1-7(2)6-8-4-3-5-8;/h7H,3-6H2,1-2H3;1H4. The summed E-state index contributed by atoms with van der Waals surface area (Å²) < 4.78 is 0. The van der Waals surface area contributed by atoms with Crippen molar-refractivity contribution in [2.75, 3.05) is 19.6 Å². The second-order valence-corrected chi connectivity index (χ2v) is 3.05. The Morgan fingerprint density at radius 1 is 1.33 bits per heavy atom. The fraction of sp³-hybridized carbons (Fsp3) is 1.00. The summed E-state index contributed by atoms with van der Waals surface area (Å²) >= 11 is 0. The van der Waals surface area contributed by atoms with E-state index in [1.54, 1.807) is 0 Å². The highest BCUT2D eigenvalue weighted by Gasteiger charge is 2.13. The first kappa shape index (κ1) is 8.96. The molecule has 0 saturated carbocycles. The van der Waals surface area contributed by atoms with Crippen molar-refractivity contribution in [2.45, 2.75) is 27.7 Å². The van der Waals surface area contributed by atoms with Gasteiger partial charge in [0.25, 0.3) is 0 Å². The third kappa shape index (κ3) is 2.85. The summed E-state index contributed by atoms with van der Waals surface area (Å²) in [6.45, 7) is 8.55. The molecule has 1 aliphatic heterocycles. The SMILES string of the molecule is C.CC(C)CN1CCC1. The van der Waals surface area contributed by atoms with Crippen molar-refractivity contribution in [3.8, 4) is 0 Å². The van der Waals surface area contributed by atoms with Crippen molar-refractivity contribution in [1.29, 1.82) is 0 Å². The maximum atomic E-state index is 2.50. The molecule has 1 nitrogen and oxygen atoms in total. The minimum absolute atomic E-state index is 0. The van der Waals surface area contributed by atoms with Gasteiger partial charge in [0.05, 0.1) is 0 Å². The van der Waals surface area contributed by atoms with E-state index in [-0.39, 0.29) is 7.43 Å². The Kier molecular flexibility index (Phi) is 3.87. The molecular weight excluding hydrogens is 110 g/mol. The molecule has 56 valence electrons. The van der Waals surface area contributed by atoms with Gasteiger partial charge in [0.2, 0.25) is 0 Å². The van der Waals surface area contributed by atoms with Crippen LogP contribution in [-0.4, -0.2) is 24.5 Å². The topological polar surface area (TPSA) is 3.24 Å². The summed E-state index contributed by atoms with van der Waals surface area (Å²) in [7, 11) is 0. The largest absolute Gasteiger partial charge is 0.303 e. The molecule has 0 bridgehead atoms. The van der Waals surface area contributed by atoms with Gasteiger partial charge in [0.15, 0.2) is 0 Å². The zero-order chi connectivity index (χ0) is 5.98. The van der Waals surface area contributed by atoms with Crippen molar-refractivity contribution >= 4 is 0 Å². The van der Waals surface area contributed by atoms with Gasteiger partial charge in [-0.05, 0) is 25.4 Å². The van der Waals surface area contributed by atoms with E-state index in [1.165, 1.54) is 26.1 Å². The fourth-order valence-electron chi connectivity index (χ4n) is 1.08. The number of rotatable bonds is 2. The highest BCUT2D eigenvalue weighted by atomic mass is 15.2. The summed E-state index contributed by atoms with van der Waals surface area (Å²) in [6.07, 6.45) is 1.42. The molecule has 1 rings (SSSR count). The molecule has 0 amide bonds. The Balaban J connectivity index is 0.000000640. The first-order valence-corrected chi connectivity index (χ1v) is 3.51. The van der Waals surface area contributed by atoms with Crippen LogP contribution in [0.1, 0.15) is 27.7 Å². The van der Waals surface area contributed by atoms with Crippen LogP contribution in [0.4, 0.5) is 0 Å². The summed E-state index contributed by atoms with van der Waals surface area (Å²) in [6, 6.07) is 0. The molecule has 0 aromatic heterocycles. The number of hydrogen-bond acceptors (Lipinski definition) is 1. The third-order valence-corrected chi connectivity index (χ3v) is 1.57. The molecule has 0 aromatic rings. The lowest BCUT2D eigenvalue weighted by molar-refractivity contribution is 0.161. The Labute approximate surface area is 59.1 Å². The van der Waals surface area contributed by atoms with Gasteiger partial charge in [-0.15, -0.1) is 0 Å². The molecule has 1 saturated heterocycles. The van der Waals surface area contributed by atoms with Crippen LogP contribution in [0.2, 0.25) is 0 Å². The van der Waals surface area contributed by atoms with Gasteiger partial charge in [0, 0.05) is 6.54 Å². The number of nitrogens with zero attached hydrogens (tertiary/aromatic N) is 1. The van der Waals surface area contributed by atoms with E-state index in [2.05, 4.69) is 18.7 Å². The van der Waals surface area contributed by atoms with Gasteiger partial charge in [-0.1, -0.05) is 21.3 Å². The molecular formula is C8H19N. The average molecular weight is 129 g/mol. The molecule has 9 heavy (non-hydrogen) atoms. The van der Waals surface area contributed by atoms with Crippen molar-refractivity contribution in [2.24, 2.45) is 5.92 Å². The quantitative estimate of drug-likeness (QED) is 0.551. The zero-order valence-corrected chi connectivity index (χ0v) is 5.85. The molecule has 1 heteroatoms. The van der Waals surface area contributed by atoms with Crippen LogP contribution in [0.25, 0.3) is 0 Å². The molecule has 1 aliphatic rings.